The van der Waals surface area contributed by atoms with Crippen LogP contribution in [0.15, 0.2) is 66.7 Å². The van der Waals surface area contributed by atoms with E-state index in [-0.39, 0.29) is 5.56 Å². The van der Waals surface area contributed by atoms with Crippen LogP contribution in [0.5, 0.6) is 0 Å². The summed E-state index contributed by atoms with van der Waals surface area (Å²) in [6.45, 7) is 6.00. The first kappa shape index (κ1) is 25.4. The van der Waals surface area contributed by atoms with Crippen LogP contribution in [0.2, 0.25) is 0 Å². The Morgan fingerprint density at radius 1 is 1.06 bits per heavy atom. The number of aromatic carboxylic acids is 1. The third-order valence-corrected chi connectivity index (χ3v) is 7.99. The van der Waals surface area contributed by atoms with Crippen molar-refractivity contribution in [2.24, 2.45) is 0 Å². The number of sulfonamides is 1. The second kappa shape index (κ2) is 10.5. The van der Waals surface area contributed by atoms with Crippen LogP contribution in [0.1, 0.15) is 55.4 Å². The molecule has 36 heavy (non-hydrogen) atoms. The van der Waals surface area contributed by atoms with Crippen LogP contribution < -0.4 is 4.72 Å². The van der Waals surface area contributed by atoms with E-state index in [4.69, 9.17) is 4.98 Å². The quantitative estimate of drug-likeness (QED) is 0.278. The molecular weight excluding hydrogens is 474 g/mol. The molecule has 0 aliphatic rings. The topological polar surface area (TPSA) is 101 Å². The molecular formula is C28H31N3O4S. The molecule has 1 aromatic heterocycles. The first-order valence-electron chi connectivity index (χ1n) is 12.1. The van der Waals surface area contributed by atoms with Gasteiger partial charge in [-0.05, 0) is 61.2 Å². The lowest BCUT2D eigenvalue weighted by Gasteiger charge is -2.13. The van der Waals surface area contributed by atoms with Crippen molar-refractivity contribution in [2.45, 2.75) is 51.8 Å². The van der Waals surface area contributed by atoms with Crippen LogP contribution >= 0.6 is 0 Å². The van der Waals surface area contributed by atoms with Crippen molar-refractivity contribution in [3.63, 3.8) is 0 Å². The molecule has 0 atom stereocenters. The highest BCUT2D eigenvalue weighted by Gasteiger charge is 2.18. The van der Waals surface area contributed by atoms with Crippen LogP contribution in [0.3, 0.4) is 0 Å². The summed E-state index contributed by atoms with van der Waals surface area (Å²) in [7, 11) is -3.46. The van der Waals surface area contributed by atoms with E-state index in [0.717, 1.165) is 47.2 Å². The number of imidazole rings is 1. The number of carboxylic acid groups (broad SMARTS) is 1. The fourth-order valence-electron chi connectivity index (χ4n) is 4.11. The summed E-state index contributed by atoms with van der Waals surface area (Å²) < 4.78 is 29.6. The van der Waals surface area contributed by atoms with Crippen molar-refractivity contribution in [3.8, 4) is 11.1 Å². The van der Waals surface area contributed by atoms with Crippen LogP contribution in [0.25, 0.3) is 22.2 Å². The van der Waals surface area contributed by atoms with Gasteiger partial charge < -0.3 is 9.67 Å². The second-order valence-electron chi connectivity index (χ2n) is 9.16. The van der Waals surface area contributed by atoms with Crippen LogP contribution in [-0.2, 0) is 23.0 Å². The molecule has 188 valence electrons. The number of rotatable bonds is 10. The number of aryl methyl sites for hydroxylation is 1. The molecule has 7 nitrogen and oxygen atoms in total. The van der Waals surface area contributed by atoms with Crippen molar-refractivity contribution in [3.05, 3.63) is 83.7 Å². The Balaban J connectivity index is 1.69. The number of anilines is 1. The Bertz CT molecular complexity index is 1490. The van der Waals surface area contributed by atoms with Gasteiger partial charge in [0.15, 0.2) is 0 Å². The summed E-state index contributed by atoms with van der Waals surface area (Å²) >= 11 is 0. The molecule has 0 saturated carbocycles. The van der Waals surface area contributed by atoms with E-state index in [2.05, 4.69) is 16.2 Å². The molecule has 0 radical (unpaired) electrons. The third-order valence-electron chi connectivity index (χ3n) is 6.23. The summed E-state index contributed by atoms with van der Waals surface area (Å²) in [5.74, 6) is 0.0000357. The first-order valence-corrected chi connectivity index (χ1v) is 13.7. The molecule has 0 unspecified atom stereocenters. The smallest absolute Gasteiger partial charge is 0.336 e. The number of fused-ring (bicyclic) bond motifs is 1. The van der Waals surface area contributed by atoms with Gasteiger partial charge in [0.05, 0.1) is 27.5 Å². The molecule has 0 amide bonds. The molecule has 8 heteroatoms. The minimum atomic E-state index is -3.46. The fraction of sp³-hybridized carbons (Fsp3) is 0.286. The number of carbonyl (C=O) groups is 1. The number of unbranched alkanes of at least 4 members (excludes halogenated alkanes) is 1. The number of nitrogens with zero attached hydrogens (tertiary/aromatic N) is 2. The van der Waals surface area contributed by atoms with Gasteiger partial charge in [-0.1, -0.05) is 55.8 Å². The third kappa shape index (κ3) is 5.44. The number of nitrogens with one attached hydrogen (secondary N) is 1. The van der Waals surface area contributed by atoms with E-state index in [9.17, 15) is 18.3 Å². The normalized spacial score (nSPS) is 11.8. The second-order valence-corrected chi connectivity index (χ2v) is 11.4. The highest BCUT2D eigenvalue weighted by atomic mass is 32.2. The van der Waals surface area contributed by atoms with Gasteiger partial charge >= 0.3 is 5.97 Å². The Morgan fingerprint density at radius 3 is 2.44 bits per heavy atom. The van der Waals surface area contributed by atoms with E-state index >= 15 is 0 Å². The number of hydrogen-bond acceptors (Lipinski definition) is 4. The number of hydrogen-bond donors (Lipinski definition) is 2. The van der Waals surface area contributed by atoms with Crippen molar-refractivity contribution in [1.29, 1.82) is 0 Å². The maximum absolute atomic E-state index is 12.4. The zero-order valence-electron chi connectivity index (χ0n) is 20.7. The number of carboxylic acids is 1. The molecule has 1 heterocycles. The average molecular weight is 506 g/mol. The fourth-order valence-corrected chi connectivity index (χ4v) is 4.81. The van der Waals surface area contributed by atoms with Gasteiger partial charge in [0.25, 0.3) is 0 Å². The van der Waals surface area contributed by atoms with Gasteiger partial charge in [0.2, 0.25) is 10.0 Å². The highest BCUT2D eigenvalue weighted by molar-refractivity contribution is 7.93. The van der Waals surface area contributed by atoms with Gasteiger partial charge in [0, 0.05) is 13.0 Å². The minimum Gasteiger partial charge on any atom is -0.478 e. The lowest BCUT2D eigenvalue weighted by Crippen LogP contribution is -2.22. The molecule has 0 fully saturated rings. The summed E-state index contributed by atoms with van der Waals surface area (Å²) in [4.78, 5) is 16.5. The zero-order chi connectivity index (χ0) is 25.9. The standard InChI is InChI=1S/C28H31N3O4S/c1-4-5-10-27-29-25-16-15-22(30-36(34,35)19(2)3)17-26(25)31(27)18-20-11-13-21(14-12-20)23-8-6-7-9-24(23)28(32)33/h6-9,11-17,19,30H,4-5,10,18H2,1-3H3,(H,32,33). The Kier molecular flexibility index (Phi) is 7.45. The van der Waals surface area contributed by atoms with Gasteiger partial charge in [-0.15, -0.1) is 0 Å². The van der Waals surface area contributed by atoms with Crippen LogP contribution in [0.4, 0.5) is 5.69 Å². The maximum Gasteiger partial charge on any atom is 0.336 e. The molecule has 2 N–H and O–H groups in total. The first-order chi connectivity index (χ1) is 17.2. The molecule has 0 aliphatic heterocycles. The maximum atomic E-state index is 12.4. The number of aromatic nitrogens is 2. The van der Waals surface area contributed by atoms with E-state index in [1.807, 2.05) is 48.5 Å². The minimum absolute atomic E-state index is 0.268. The lowest BCUT2D eigenvalue weighted by molar-refractivity contribution is 0.0697. The van der Waals surface area contributed by atoms with Crippen LogP contribution in [-0.4, -0.2) is 34.3 Å². The summed E-state index contributed by atoms with van der Waals surface area (Å²) in [6.07, 6.45) is 2.86. The molecule has 0 aliphatic carbocycles. The van der Waals surface area contributed by atoms with E-state index < -0.39 is 21.2 Å². The monoisotopic (exact) mass is 505 g/mol. The molecule has 0 bridgehead atoms. The van der Waals surface area contributed by atoms with E-state index in [1.165, 1.54) is 0 Å². The molecule has 0 saturated heterocycles. The van der Waals surface area contributed by atoms with Crippen LogP contribution in [0, 0.1) is 0 Å². The lowest BCUT2D eigenvalue weighted by atomic mass is 9.99. The van der Waals surface area contributed by atoms with Crippen molar-refractivity contribution < 1.29 is 18.3 Å². The van der Waals surface area contributed by atoms with Gasteiger partial charge in [-0.3, -0.25) is 4.72 Å². The predicted octanol–water partition coefficient (Wildman–Crippen LogP) is 5.94. The van der Waals surface area contributed by atoms with Gasteiger partial charge in [0.1, 0.15) is 5.82 Å². The molecule has 4 aromatic rings. The zero-order valence-corrected chi connectivity index (χ0v) is 21.5. The van der Waals surface area contributed by atoms with E-state index in [1.54, 1.807) is 32.0 Å². The molecule has 3 aromatic carbocycles. The SMILES string of the molecule is CCCCc1nc2ccc(NS(=O)(=O)C(C)C)cc2n1Cc1ccc(-c2ccccc2C(=O)O)cc1. The number of benzene rings is 3. The van der Waals surface area contributed by atoms with Gasteiger partial charge in [-0.25, -0.2) is 18.2 Å². The van der Waals surface area contributed by atoms with Crippen molar-refractivity contribution in [2.75, 3.05) is 4.72 Å². The summed E-state index contributed by atoms with van der Waals surface area (Å²) in [6, 6.07) is 20.3. The van der Waals surface area contributed by atoms with Gasteiger partial charge in [-0.2, -0.15) is 0 Å². The largest absolute Gasteiger partial charge is 0.478 e. The van der Waals surface area contributed by atoms with E-state index in [0.29, 0.717) is 17.8 Å². The van der Waals surface area contributed by atoms with Crippen molar-refractivity contribution >= 4 is 32.7 Å². The highest BCUT2D eigenvalue weighted by Crippen LogP contribution is 2.27. The Hall–Kier alpha value is -3.65. The summed E-state index contributed by atoms with van der Waals surface area (Å²) in [5, 5.41) is 8.99. The summed E-state index contributed by atoms with van der Waals surface area (Å²) in [5.41, 5.74) is 5.02. The molecule has 0 spiro atoms. The Morgan fingerprint density at radius 2 is 1.78 bits per heavy atom. The molecule has 4 rings (SSSR count). The Labute approximate surface area is 211 Å². The average Bonchev–Trinajstić information content (AvgIpc) is 3.19. The van der Waals surface area contributed by atoms with Crippen molar-refractivity contribution in [1.82, 2.24) is 9.55 Å². The predicted molar refractivity (Wildman–Crippen MR) is 144 cm³/mol.